The highest BCUT2D eigenvalue weighted by Crippen LogP contribution is 2.36. The summed E-state index contributed by atoms with van der Waals surface area (Å²) in [6.45, 7) is 9.49. The zero-order valence-corrected chi connectivity index (χ0v) is 23.0. The summed E-state index contributed by atoms with van der Waals surface area (Å²) >= 11 is 0. The van der Waals surface area contributed by atoms with Gasteiger partial charge in [-0.3, -0.25) is 14.4 Å². The smallest absolute Gasteiger partial charge is 0.247 e. The Morgan fingerprint density at radius 2 is 1.76 bits per heavy atom. The van der Waals surface area contributed by atoms with Crippen molar-refractivity contribution in [3.63, 3.8) is 0 Å². The van der Waals surface area contributed by atoms with Crippen LogP contribution in [0.15, 0.2) is 42.5 Å². The molecule has 0 bridgehead atoms. The number of amides is 3. The number of fused-ring (bicyclic) bond motifs is 1. The predicted molar refractivity (Wildman–Crippen MR) is 143 cm³/mol. The molecular formula is C30H38FN3O4. The van der Waals surface area contributed by atoms with Crippen molar-refractivity contribution < 1.29 is 23.5 Å². The van der Waals surface area contributed by atoms with Gasteiger partial charge in [-0.25, -0.2) is 4.39 Å². The van der Waals surface area contributed by atoms with Gasteiger partial charge in [0.05, 0.1) is 7.11 Å². The minimum Gasteiger partial charge on any atom is -0.494 e. The van der Waals surface area contributed by atoms with Crippen LogP contribution in [0.1, 0.15) is 63.8 Å². The molecule has 0 saturated carbocycles. The van der Waals surface area contributed by atoms with Crippen molar-refractivity contribution in [1.29, 1.82) is 0 Å². The molecule has 0 aromatic heterocycles. The third-order valence-corrected chi connectivity index (χ3v) is 7.22. The summed E-state index contributed by atoms with van der Waals surface area (Å²) in [5, 5.41) is 5.98. The first-order chi connectivity index (χ1) is 17.9. The highest BCUT2D eigenvalue weighted by molar-refractivity contribution is 6.00. The molecule has 0 radical (unpaired) electrons. The molecule has 0 spiro atoms. The van der Waals surface area contributed by atoms with Crippen LogP contribution in [0.2, 0.25) is 0 Å². The molecule has 1 aliphatic carbocycles. The van der Waals surface area contributed by atoms with E-state index in [4.69, 9.17) is 4.74 Å². The fourth-order valence-electron chi connectivity index (χ4n) is 5.60. The average Bonchev–Trinajstić information content (AvgIpc) is 3.26. The molecule has 1 fully saturated rings. The normalized spacial score (nSPS) is 20.8. The summed E-state index contributed by atoms with van der Waals surface area (Å²) in [4.78, 5) is 43.3. The van der Waals surface area contributed by atoms with Crippen molar-refractivity contribution in [3.05, 3.63) is 65.0 Å². The van der Waals surface area contributed by atoms with Gasteiger partial charge in [-0.15, -0.1) is 0 Å². The number of nitrogens with zero attached hydrogens (tertiary/aromatic N) is 1. The number of benzene rings is 2. The molecule has 7 nitrogen and oxygen atoms in total. The predicted octanol–water partition coefficient (Wildman–Crippen LogP) is 3.95. The number of hydrogen-bond donors (Lipinski definition) is 2. The number of carbonyl (C=O) groups is 3. The maximum absolute atomic E-state index is 14.4. The molecule has 3 atom stereocenters. The first-order valence-corrected chi connectivity index (χ1v) is 13.2. The van der Waals surface area contributed by atoms with E-state index in [1.165, 1.54) is 41.3 Å². The maximum atomic E-state index is 14.4. The average molecular weight is 524 g/mol. The Balaban J connectivity index is 1.80. The third-order valence-electron chi connectivity index (χ3n) is 7.22. The molecule has 8 heteroatoms. The minimum absolute atomic E-state index is 0.0341. The SMILES string of the molecule is COc1cc(C(C(=O)NC(C)(C)C)N2C(=O)C(C3Cc4ccccc4C3)NC(=O)C2CC(C)C)ccc1F. The third kappa shape index (κ3) is 5.69. The first kappa shape index (κ1) is 27.6. The van der Waals surface area contributed by atoms with Crippen molar-refractivity contribution in [3.8, 4) is 5.75 Å². The van der Waals surface area contributed by atoms with Gasteiger partial charge in [0.1, 0.15) is 18.1 Å². The van der Waals surface area contributed by atoms with Gasteiger partial charge in [-0.2, -0.15) is 0 Å². The topological polar surface area (TPSA) is 87.7 Å². The van der Waals surface area contributed by atoms with Crippen LogP contribution < -0.4 is 15.4 Å². The van der Waals surface area contributed by atoms with Gasteiger partial charge in [0.25, 0.3) is 0 Å². The molecule has 2 aromatic carbocycles. The monoisotopic (exact) mass is 523 g/mol. The molecule has 204 valence electrons. The van der Waals surface area contributed by atoms with Gasteiger partial charge >= 0.3 is 0 Å². The zero-order chi connectivity index (χ0) is 27.8. The molecule has 3 unspecified atom stereocenters. The number of nitrogens with one attached hydrogen (secondary N) is 2. The van der Waals surface area contributed by atoms with Crippen LogP contribution in [0, 0.1) is 17.7 Å². The van der Waals surface area contributed by atoms with Crippen molar-refractivity contribution in [2.45, 2.75) is 77.5 Å². The van der Waals surface area contributed by atoms with E-state index in [2.05, 4.69) is 10.6 Å². The van der Waals surface area contributed by atoms with Gasteiger partial charge in [0.15, 0.2) is 11.6 Å². The lowest BCUT2D eigenvalue weighted by molar-refractivity contribution is -0.158. The van der Waals surface area contributed by atoms with E-state index < -0.39 is 35.4 Å². The van der Waals surface area contributed by atoms with Gasteiger partial charge in [0.2, 0.25) is 17.7 Å². The Labute approximate surface area is 224 Å². The summed E-state index contributed by atoms with van der Waals surface area (Å²) in [6.07, 6.45) is 1.71. The maximum Gasteiger partial charge on any atom is 0.247 e. The summed E-state index contributed by atoms with van der Waals surface area (Å²) in [5.41, 5.74) is 2.12. The Morgan fingerprint density at radius 3 is 2.32 bits per heavy atom. The second kappa shape index (κ2) is 10.8. The van der Waals surface area contributed by atoms with Gasteiger partial charge < -0.3 is 20.3 Å². The standard InChI is InChI=1S/C30H38FN3O4/c1-17(2)13-23-27(35)32-25(21-14-18-9-7-8-10-19(18)15-21)29(37)34(23)26(28(36)33-30(3,4)5)20-11-12-22(31)24(16-20)38-6/h7-12,16-17,21,23,25-26H,13-15H2,1-6H3,(H,32,35)(H,33,36). The summed E-state index contributed by atoms with van der Waals surface area (Å²) in [5.74, 6) is -1.66. The van der Waals surface area contributed by atoms with Crippen LogP contribution >= 0.6 is 0 Å². The Morgan fingerprint density at radius 1 is 1.13 bits per heavy atom. The highest BCUT2D eigenvalue weighted by Gasteiger charge is 2.49. The highest BCUT2D eigenvalue weighted by atomic mass is 19.1. The summed E-state index contributed by atoms with van der Waals surface area (Å²) < 4.78 is 19.6. The molecule has 2 aliphatic rings. The number of methoxy groups -OCH3 is 1. The van der Waals surface area contributed by atoms with Crippen LogP contribution in [-0.2, 0) is 27.2 Å². The fraction of sp³-hybridized carbons (Fsp3) is 0.500. The molecule has 4 rings (SSSR count). The molecular weight excluding hydrogens is 485 g/mol. The van der Waals surface area contributed by atoms with E-state index in [1.54, 1.807) is 0 Å². The van der Waals surface area contributed by atoms with Crippen molar-refractivity contribution >= 4 is 17.7 Å². The quantitative estimate of drug-likeness (QED) is 0.576. The Bertz CT molecular complexity index is 1200. The second-order valence-corrected chi connectivity index (χ2v) is 11.8. The molecule has 1 saturated heterocycles. The number of halogens is 1. The Hall–Kier alpha value is -3.42. The molecule has 38 heavy (non-hydrogen) atoms. The van der Waals surface area contributed by atoms with Gasteiger partial charge in [0, 0.05) is 5.54 Å². The number of hydrogen-bond acceptors (Lipinski definition) is 4. The van der Waals surface area contributed by atoms with Crippen LogP contribution in [0.5, 0.6) is 5.75 Å². The number of carbonyl (C=O) groups excluding carboxylic acids is 3. The lowest BCUT2D eigenvalue weighted by Gasteiger charge is -2.45. The number of rotatable bonds is 7. The van der Waals surface area contributed by atoms with Crippen molar-refractivity contribution in [2.24, 2.45) is 11.8 Å². The van der Waals surface area contributed by atoms with E-state index >= 15 is 0 Å². The number of ether oxygens (including phenoxy) is 1. The van der Waals surface area contributed by atoms with Crippen LogP contribution in [0.3, 0.4) is 0 Å². The van der Waals surface area contributed by atoms with Crippen molar-refractivity contribution in [2.75, 3.05) is 7.11 Å². The summed E-state index contributed by atoms with van der Waals surface area (Å²) in [7, 11) is 1.35. The molecule has 1 aliphatic heterocycles. The fourth-order valence-corrected chi connectivity index (χ4v) is 5.60. The van der Waals surface area contributed by atoms with Gasteiger partial charge in [-0.05, 0) is 80.7 Å². The first-order valence-electron chi connectivity index (χ1n) is 13.2. The Kier molecular flexibility index (Phi) is 7.81. The van der Waals surface area contributed by atoms with E-state index in [1.807, 2.05) is 58.9 Å². The van der Waals surface area contributed by atoms with E-state index in [0.29, 0.717) is 24.8 Å². The van der Waals surface area contributed by atoms with Crippen LogP contribution in [0.25, 0.3) is 0 Å². The van der Waals surface area contributed by atoms with Gasteiger partial charge in [-0.1, -0.05) is 44.2 Å². The summed E-state index contributed by atoms with van der Waals surface area (Å²) in [6, 6.07) is 9.43. The van der Waals surface area contributed by atoms with E-state index in [-0.39, 0.29) is 29.4 Å². The molecule has 3 amide bonds. The van der Waals surface area contributed by atoms with E-state index in [0.717, 1.165) is 0 Å². The van der Waals surface area contributed by atoms with Crippen LogP contribution in [0.4, 0.5) is 4.39 Å². The lowest BCUT2D eigenvalue weighted by atomic mass is 9.87. The lowest BCUT2D eigenvalue weighted by Crippen LogP contribution is -2.67. The minimum atomic E-state index is -1.14. The molecule has 2 aromatic rings. The largest absolute Gasteiger partial charge is 0.494 e. The van der Waals surface area contributed by atoms with E-state index in [9.17, 15) is 18.8 Å². The van der Waals surface area contributed by atoms with Crippen molar-refractivity contribution in [1.82, 2.24) is 15.5 Å². The number of piperazine rings is 1. The van der Waals surface area contributed by atoms with Crippen LogP contribution in [-0.4, -0.2) is 47.4 Å². The zero-order valence-electron chi connectivity index (χ0n) is 23.0. The molecule has 2 N–H and O–H groups in total. The molecule has 1 heterocycles. The second-order valence-electron chi connectivity index (χ2n) is 11.8.